The average molecular weight is 158 g/mol. The van der Waals surface area contributed by atoms with Crippen LogP contribution in [-0.2, 0) is 0 Å². The molecule has 0 aromatic carbocycles. The number of nitrogens with one attached hydrogen (secondary N) is 3. The van der Waals surface area contributed by atoms with Crippen molar-refractivity contribution in [3.8, 4) is 0 Å². The fourth-order valence-corrected chi connectivity index (χ4v) is 0.569. The normalized spacial score (nSPS) is 8.82. The molecular weight excluding hydrogens is 144 g/mol. The van der Waals surface area contributed by atoms with Gasteiger partial charge in [-0.25, -0.2) is 4.79 Å². The first-order valence-electron chi connectivity index (χ1n) is 3.45. The minimum atomic E-state index is -0.200. The molecule has 64 valence electrons. The van der Waals surface area contributed by atoms with Crippen molar-refractivity contribution in [1.29, 1.82) is 5.41 Å². The van der Waals surface area contributed by atoms with Gasteiger partial charge in [-0.3, -0.25) is 5.41 Å². The summed E-state index contributed by atoms with van der Waals surface area (Å²) in [5.41, 5.74) is 5.10. The molecule has 0 aliphatic heterocycles. The summed E-state index contributed by atoms with van der Waals surface area (Å²) in [5, 5.41) is 11.9. The van der Waals surface area contributed by atoms with Crippen LogP contribution < -0.4 is 16.4 Å². The minimum absolute atomic E-state index is 0.156. The van der Waals surface area contributed by atoms with Crippen LogP contribution in [0.3, 0.4) is 0 Å². The number of amides is 2. The van der Waals surface area contributed by atoms with Crippen molar-refractivity contribution in [2.24, 2.45) is 5.73 Å². The number of carbonyl (C=O) groups is 1. The van der Waals surface area contributed by atoms with Gasteiger partial charge in [0.1, 0.15) is 0 Å². The molecule has 0 saturated heterocycles. The van der Waals surface area contributed by atoms with Gasteiger partial charge in [0.2, 0.25) is 0 Å². The van der Waals surface area contributed by atoms with Crippen molar-refractivity contribution in [2.75, 3.05) is 13.6 Å². The molecule has 2 amide bonds. The molecule has 5 N–H and O–H groups in total. The van der Waals surface area contributed by atoms with Crippen LogP contribution >= 0.6 is 0 Å². The van der Waals surface area contributed by atoms with Gasteiger partial charge in [0.05, 0.1) is 5.84 Å². The maximum absolute atomic E-state index is 10.5. The van der Waals surface area contributed by atoms with Crippen molar-refractivity contribution >= 4 is 11.9 Å². The molecule has 5 nitrogen and oxygen atoms in total. The second-order valence-corrected chi connectivity index (χ2v) is 2.13. The Labute approximate surface area is 65.9 Å². The summed E-state index contributed by atoms with van der Waals surface area (Å²) in [5.74, 6) is 0.156. The van der Waals surface area contributed by atoms with Crippen molar-refractivity contribution in [2.45, 2.75) is 12.8 Å². The van der Waals surface area contributed by atoms with Gasteiger partial charge in [-0.1, -0.05) is 0 Å². The molecule has 0 aliphatic carbocycles. The van der Waals surface area contributed by atoms with Crippen LogP contribution in [0.5, 0.6) is 0 Å². The van der Waals surface area contributed by atoms with E-state index in [0.29, 0.717) is 19.4 Å². The Kier molecular flexibility index (Phi) is 4.89. The molecule has 0 rings (SSSR count). The van der Waals surface area contributed by atoms with E-state index in [1.54, 1.807) is 7.05 Å². The minimum Gasteiger partial charge on any atom is -0.388 e. The van der Waals surface area contributed by atoms with Crippen LogP contribution in [0.15, 0.2) is 0 Å². The van der Waals surface area contributed by atoms with E-state index in [1.165, 1.54) is 0 Å². The van der Waals surface area contributed by atoms with Crippen LogP contribution in [-0.4, -0.2) is 25.5 Å². The lowest BCUT2D eigenvalue weighted by atomic mass is 10.3. The van der Waals surface area contributed by atoms with Gasteiger partial charge in [-0.05, 0) is 6.42 Å². The molecule has 0 aromatic rings. The standard InChI is InChI=1S/C6H14N4O/c1-9-6(11)10-4-2-3-5(7)8/h2-4H2,1H3,(H3,7,8)(H2,9,10,11). The SMILES string of the molecule is CNC(=O)NCCCC(=N)N. The van der Waals surface area contributed by atoms with Gasteiger partial charge in [-0.2, -0.15) is 0 Å². The average Bonchev–Trinajstić information content (AvgIpc) is 1.97. The van der Waals surface area contributed by atoms with Crippen LogP contribution in [0.4, 0.5) is 4.79 Å². The fraction of sp³-hybridized carbons (Fsp3) is 0.667. The Balaban J connectivity index is 3.14. The van der Waals surface area contributed by atoms with Crippen LogP contribution in [0.2, 0.25) is 0 Å². The van der Waals surface area contributed by atoms with Gasteiger partial charge >= 0.3 is 6.03 Å². The fourth-order valence-electron chi connectivity index (χ4n) is 0.569. The topological polar surface area (TPSA) is 91.0 Å². The second-order valence-electron chi connectivity index (χ2n) is 2.13. The maximum Gasteiger partial charge on any atom is 0.314 e. The second kappa shape index (κ2) is 5.52. The van der Waals surface area contributed by atoms with Crippen molar-refractivity contribution < 1.29 is 4.79 Å². The van der Waals surface area contributed by atoms with E-state index in [0.717, 1.165) is 0 Å². The third-order valence-electron chi connectivity index (χ3n) is 1.14. The Bertz CT molecular complexity index is 146. The van der Waals surface area contributed by atoms with Gasteiger partial charge in [-0.15, -0.1) is 0 Å². The molecule has 0 unspecified atom stereocenters. The van der Waals surface area contributed by atoms with Crippen LogP contribution in [0.25, 0.3) is 0 Å². The number of hydrogen-bond acceptors (Lipinski definition) is 2. The highest BCUT2D eigenvalue weighted by Crippen LogP contribution is 1.83. The zero-order valence-electron chi connectivity index (χ0n) is 6.61. The maximum atomic E-state index is 10.5. The van der Waals surface area contributed by atoms with E-state index in [9.17, 15) is 4.79 Å². The van der Waals surface area contributed by atoms with Gasteiger partial charge < -0.3 is 16.4 Å². The highest BCUT2D eigenvalue weighted by molar-refractivity contribution is 5.77. The molecule has 0 fully saturated rings. The highest BCUT2D eigenvalue weighted by Gasteiger charge is 1.94. The van der Waals surface area contributed by atoms with Crippen LogP contribution in [0.1, 0.15) is 12.8 Å². The summed E-state index contributed by atoms with van der Waals surface area (Å²) >= 11 is 0. The summed E-state index contributed by atoms with van der Waals surface area (Å²) in [7, 11) is 1.56. The number of rotatable bonds is 4. The molecule has 0 spiro atoms. The largest absolute Gasteiger partial charge is 0.388 e. The van der Waals surface area contributed by atoms with Crippen molar-refractivity contribution in [1.82, 2.24) is 10.6 Å². The van der Waals surface area contributed by atoms with E-state index < -0.39 is 0 Å². The van der Waals surface area contributed by atoms with Crippen molar-refractivity contribution in [3.63, 3.8) is 0 Å². The molecule has 0 aromatic heterocycles. The molecule has 11 heavy (non-hydrogen) atoms. The number of urea groups is 1. The summed E-state index contributed by atoms with van der Waals surface area (Å²) in [6.07, 6.45) is 1.24. The Morgan fingerprint density at radius 1 is 1.64 bits per heavy atom. The molecule has 5 heteroatoms. The first kappa shape index (κ1) is 9.74. The summed E-state index contributed by atoms with van der Waals surface area (Å²) in [4.78, 5) is 10.5. The third kappa shape index (κ3) is 6.63. The molecule has 0 bridgehead atoms. The Morgan fingerprint density at radius 2 is 2.27 bits per heavy atom. The zero-order chi connectivity index (χ0) is 8.69. The Hall–Kier alpha value is -1.26. The lowest BCUT2D eigenvalue weighted by Crippen LogP contribution is -2.33. The number of carbonyl (C=O) groups excluding carboxylic acids is 1. The molecule has 0 heterocycles. The van der Waals surface area contributed by atoms with E-state index in [4.69, 9.17) is 11.1 Å². The first-order valence-corrected chi connectivity index (χ1v) is 3.45. The molecule has 0 atom stereocenters. The Morgan fingerprint density at radius 3 is 2.73 bits per heavy atom. The van der Waals surface area contributed by atoms with Gasteiger partial charge in [0.15, 0.2) is 0 Å². The molecule has 0 saturated carbocycles. The van der Waals surface area contributed by atoms with Crippen LogP contribution in [0, 0.1) is 5.41 Å². The monoisotopic (exact) mass is 158 g/mol. The summed E-state index contributed by atoms with van der Waals surface area (Å²) in [6, 6.07) is -0.200. The number of hydrogen-bond donors (Lipinski definition) is 4. The first-order chi connectivity index (χ1) is 5.16. The highest BCUT2D eigenvalue weighted by atomic mass is 16.2. The van der Waals surface area contributed by atoms with E-state index in [1.807, 2.05) is 0 Å². The quantitative estimate of drug-likeness (QED) is 0.255. The molecular formula is C6H14N4O. The summed E-state index contributed by atoms with van der Waals surface area (Å²) < 4.78 is 0. The lowest BCUT2D eigenvalue weighted by molar-refractivity contribution is 0.243. The smallest absolute Gasteiger partial charge is 0.314 e. The number of amidine groups is 1. The van der Waals surface area contributed by atoms with E-state index >= 15 is 0 Å². The third-order valence-corrected chi connectivity index (χ3v) is 1.14. The van der Waals surface area contributed by atoms with Gasteiger partial charge in [0.25, 0.3) is 0 Å². The van der Waals surface area contributed by atoms with E-state index in [-0.39, 0.29) is 11.9 Å². The molecule has 0 aliphatic rings. The summed E-state index contributed by atoms with van der Waals surface area (Å²) in [6.45, 7) is 0.555. The van der Waals surface area contributed by atoms with Crippen molar-refractivity contribution in [3.05, 3.63) is 0 Å². The molecule has 0 radical (unpaired) electrons. The predicted octanol–water partition coefficient (Wildman–Crippen LogP) is -0.368. The number of nitrogens with two attached hydrogens (primary N) is 1. The van der Waals surface area contributed by atoms with E-state index in [2.05, 4.69) is 10.6 Å². The lowest BCUT2D eigenvalue weighted by Gasteiger charge is -2.02. The zero-order valence-corrected chi connectivity index (χ0v) is 6.61. The predicted molar refractivity (Wildman–Crippen MR) is 43.6 cm³/mol. The van der Waals surface area contributed by atoms with Gasteiger partial charge in [0, 0.05) is 20.0 Å².